The van der Waals surface area contributed by atoms with Gasteiger partial charge in [-0.1, -0.05) is 18.2 Å². The maximum absolute atomic E-state index is 14.0. The predicted molar refractivity (Wildman–Crippen MR) is 86.3 cm³/mol. The largest absolute Gasteiger partial charge is 0.391 e. The second-order valence-electron chi connectivity index (χ2n) is 6.83. The first-order chi connectivity index (χ1) is 11.5. The van der Waals surface area contributed by atoms with Gasteiger partial charge in [-0.15, -0.1) is 0 Å². The molecule has 1 saturated carbocycles. The van der Waals surface area contributed by atoms with Gasteiger partial charge in [0, 0.05) is 38.5 Å². The summed E-state index contributed by atoms with van der Waals surface area (Å²) < 4.78 is 14.0. The number of amides is 2. The van der Waals surface area contributed by atoms with Crippen LogP contribution in [0.3, 0.4) is 0 Å². The summed E-state index contributed by atoms with van der Waals surface area (Å²) in [5.74, 6) is -0.294. The van der Waals surface area contributed by atoms with Crippen molar-refractivity contribution in [3.8, 4) is 0 Å². The molecule has 5 nitrogen and oxygen atoms in total. The van der Waals surface area contributed by atoms with Gasteiger partial charge >= 0.3 is 0 Å². The van der Waals surface area contributed by atoms with E-state index in [9.17, 15) is 19.1 Å². The van der Waals surface area contributed by atoms with Crippen LogP contribution >= 0.6 is 0 Å². The number of hydrogen-bond acceptors (Lipinski definition) is 3. The van der Waals surface area contributed by atoms with E-state index in [0.29, 0.717) is 18.0 Å². The number of benzene rings is 1. The highest BCUT2D eigenvalue weighted by Gasteiger charge is 2.40. The van der Waals surface area contributed by atoms with Gasteiger partial charge in [0.15, 0.2) is 0 Å². The number of carbonyl (C=O) groups is 2. The molecule has 1 aliphatic heterocycles. The molecule has 1 N–H and O–H groups in total. The molecular formula is C18H23FN2O3. The van der Waals surface area contributed by atoms with Gasteiger partial charge in [0.25, 0.3) is 0 Å². The minimum atomic E-state index is -0.681. The summed E-state index contributed by atoms with van der Waals surface area (Å²) >= 11 is 0. The van der Waals surface area contributed by atoms with E-state index in [1.165, 1.54) is 17.9 Å². The second-order valence-corrected chi connectivity index (χ2v) is 6.83. The van der Waals surface area contributed by atoms with Crippen molar-refractivity contribution in [3.63, 3.8) is 0 Å². The average molecular weight is 334 g/mol. The summed E-state index contributed by atoms with van der Waals surface area (Å²) in [6, 6.07) is 5.78. The van der Waals surface area contributed by atoms with Crippen LogP contribution in [0.15, 0.2) is 24.3 Å². The molecule has 0 bridgehead atoms. The Hall–Kier alpha value is -1.95. The van der Waals surface area contributed by atoms with Crippen molar-refractivity contribution in [1.82, 2.24) is 9.80 Å². The number of hydrogen-bond donors (Lipinski definition) is 1. The number of aliphatic hydroxyl groups excluding tert-OH is 1. The zero-order valence-corrected chi connectivity index (χ0v) is 13.8. The Balaban J connectivity index is 1.78. The summed E-state index contributed by atoms with van der Waals surface area (Å²) in [7, 11) is 0. The van der Waals surface area contributed by atoms with Gasteiger partial charge in [-0.3, -0.25) is 9.59 Å². The molecule has 1 aromatic rings. The fourth-order valence-corrected chi connectivity index (χ4v) is 3.28. The maximum Gasteiger partial charge on any atom is 0.245 e. The third kappa shape index (κ3) is 3.75. The zero-order chi connectivity index (χ0) is 17.3. The van der Waals surface area contributed by atoms with E-state index in [1.807, 2.05) is 0 Å². The van der Waals surface area contributed by atoms with Crippen LogP contribution in [0.25, 0.3) is 0 Å². The lowest BCUT2D eigenvalue weighted by atomic mass is 10.1. The Bertz CT molecular complexity index is 632. The molecule has 0 aromatic heterocycles. The first kappa shape index (κ1) is 16.9. The minimum Gasteiger partial charge on any atom is -0.391 e. The third-order valence-electron chi connectivity index (χ3n) is 4.77. The van der Waals surface area contributed by atoms with Gasteiger partial charge in [0.2, 0.25) is 11.8 Å². The minimum absolute atomic E-state index is 0.183. The Morgan fingerprint density at radius 3 is 2.67 bits per heavy atom. The fourth-order valence-electron chi connectivity index (χ4n) is 3.28. The van der Waals surface area contributed by atoms with Crippen molar-refractivity contribution in [3.05, 3.63) is 35.6 Å². The quantitative estimate of drug-likeness (QED) is 0.889. The standard InChI is InChI=1S/C18H23FN2O3/c1-12(22)21-11-15(23)8-17(21)18(24)20(9-13-6-7-13)10-14-4-2-3-5-16(14)19/h2-5,13,15,17,23H,6-11H2,1H3/t15-,17-/m1/s1. The van der Waals surface area contributed by atoms with Gasteiger partial charge in [-0.05, 0) is 24.8 Å². The van der Waals surface area contributed by atoms with E-state index in [2.05, 4.69) is 0 Å². The number of nitrogens with zero attached hydrogens (tertiary/aromatic N) is 2. The molecule has 2 atom stereocenters. The van der Waals surface area contributed by atoms with Crippen LogP contribution in [-0.4, -0.2) is 52.0 Å². The molecule has 24 heavy (non-hydrogen) atoms. The zero-order valence-electron chi connectivity index (χ0n) is 13.8. The molecule has 6 heteroatoms. The Labute approximate surface area is 141 Å². The second kappa shape index (κ2) is 6.89. The van der Waals surface area contributed by atoms with Gasteiger partial charge in [0.05, 0.1) is 6.10 Å². The molecule has 2 fully saturated rings. The molecule has 0 radical (unpaired) electrons. The molecule has 130 valence electrons. The average Bonchev–Trinajstić information content (AvgIpc) is 3.27. The predicted octanol–water partition coefficient (Wildman–Crippen LogP) is 1.55. The van der Waals surface area contributed by atoms with E-state index in [4.69, 9.17) is 0 Å². The summed E-state index contributed by atoms with van der Waals surface area (Å²) in [5, 5.41) is 9.85. The van der Waals surface area contributed by atoms with Crippen LogP contribution in [0.4, 0.5) is 4.39 Å². The molecule has 0 spiro atoms. The number of rotatable bonds is 5. The van der Waals surface area contributed by atoms with Crippen molar-refractivity contribution in [2.24, 2.45) is 5.92 Å². The maximum atomic E-state index is 14.0. The molecular weight excluding hydrogens is 311 g/mol. The third-order valence-corrected chi connectivity index (χ3v) is 4.77. The van der Waals surface area contributed by atoms with Crippen LogP contribution in [0, 0.1) is 11.7 Å². The van der Waals surface area contributed by atoms with E-state index in [0.717, 1.165) is 12.8 Å². The van der Waals surface area contributed by atoms with Gasteiger partial charge < -0.3 is 14.9 Å². The first-order valence-corrected chi connectivity index (χ1v) is 8.43. The van der Waals surface area contributed by atoms with Crippen molar-refractivity contribution in [2.75, 3.05) is 13.1 Å². The fraction of sp³-hybridized carbons (Fsp3) is 0.556. The summed E-state index contributed by atoms with van der Waals surface area (Å²) in [6.07, 6.45) is 1.71. The van der Waals surface area contributed by atoms with Crippen molar-refractivity contribution in [1.29, 1.82) is 0 Å². The monoisotopic (exact) mass is 334 g/mol. The number of aliphatic hydroxyl groups is 1. The van der Waals surface area contributed by atoms with Crippen LogP contribution in [0.5, 0.6) is 0 Å². The number of carbonyl (C=O) groups excluding carboxylic acids is 2. The lowest BCUT2D eigenvalue weighted by molar-refractivity contribution is -0.143. The summed E-state index contributed by atoms with van der Waals surface area (Å²) in [4.78, 5) is 27.8. The van der Waals surface area contributed by atoms with E-state index < -0.39 is 12.1 Å². The Kier molecular flexibility index (Phi) is 4.85. The number of β-amino-alcohol motifs (C(OH)–C–C–N with tert-alkyl or cyclic N) is 1. The van der Waals surface area contributed by atoms with Crippen LogP contribution in [0.2, 0.25) is 0 Å². The van der Waals surface area contributed by atoms with Crippen molar-refractivity contribution in [2.45, 2.75) is 44.9 Å². The lowest BCUT2D eigenvalue weighted by Gasteiger charge is -2.30. The molecule has 1 saturated heterocycles. The van der Waals surface area contributed by atoms with Crippen LogP contribution in [0.1, 0.15) is 31.7 Å². The van der Waals surface area contributed by atoms with Gasteiger partial charge in [0.1, 0.15) is 11.9 Å². The number of halogens is 1. The SMILES string of the molecule is CC(=O)N1C[C@H](O)C[C@@H]1C(=O)N(Cc1ccccc1F)CC1CC1. The molecule has 2 amide bonds. The summed E-state index contributed by atoms with van der Waals surface area (Å²) in [6.45, 7) is 2.36. The molecule has 3 rings (SSSR count). The molecule has 1 aliphatic carbocycles. The lowest BCUT2D eigenvalue weighted by Crippen LogP contribution is -2.47. The van der Waals surface area contributed by atoms with Gasteiger partial charge in [-0.25, -0.2) is 4.39 Å². The smallest absolute Gasteiger partial charge is 0.245 e. The normalized spacial score (nSPS) is 23.4. The molecule has 1 heterocycles. The Morgan fingerprint density at radius 1 is 1.33 bits per heavy atom. The highest BCUT2D eigenvalue weighted by molar-refractivity contribution is 5.87. The topological polar surface area (TPSA) is 60.9 Å². The highest BCUT2D eigenvalue weighted by Crippen LogP contribution is 2.31. The van der Waals surface area contributed by atoms with Crippen LogP contribution in [-0.2, 0) is 16.1 Å². The number of likely N-dealkylation sites (tertiary alicyclic amines) is 1. The Morgan fingerprint density at radius 2 is 2.04 bits per heavy atom. The molecule has 0 unspecified atom stereocenters. The van der Waals surface area contributed by atoms with E-state index in [-0.39, 0.29) is 37.1 Å². The van der Waals surface area contributed by atoms with E-state index in [1.54, 1.807) is 23.1 Å². The highest BCUT2D eigenvalue weighted by atomic mass is 19.1. The first-order valence-electron chi connectivity index (χ1n) is 8.43. The van der Waals surface area contributed by atoms with Crippen molar-refractivity contribution >= 4 is 11.8 Å². The van der Waals surface area contributed by atoms with Crippen molar-refractivity contribution < 1.29 is 19.1 Å². The van der Waals surface area contributed by atoms with Gasteiger partial charge in [-0.2, -0.15) is 0 Å². The molecule has 1 aromatic carbocycles. The molecule has 2 aliphatic rings. The van der Waals surface area contributed by atoms with Crippen LogP contribution < -0.4 is 0 Å². The summed E-state index contributed by atoms with van der Waals surface area (Å²) in [5.41, 5.74) is 0.472. The van der Waals surface area contributed by atoms with E-state index >= 15 is 0 Å².